The van der Waals surface area contributed by atoms with Gasteiger partial charge in [-0.25, -0.2) is 13.2 Å². The van der Waals surface area contributed by atoms with Gasteiger partial charge in [0.2, 0.25) is 5.91 Å². The topological polar surface area (TPSA) is 46.2 Å². The number of nitrogens with one attached hydrogen (secondary N) is 1. The monoisotopic (exact) mass is 327 g/mol. The number of carbonyl (C=O) groups is 1. The van der Waals surface area contributed by atoms with Gasteiger partial charge in [-0.1, -0.05) is 18.2 Å². The Bertz CT molecular complexity index is 722. The van der Waals surface area contributed by atoms with E-state index in [0.717, 1.165) is 12.1 Å². The SMILES string of the molecule is O=C(C[S@](=O)Cc1ccccc1F)Nc1ccc(F)cc1F. The van der Waals surface area contributed by atoms with Crippen molar-refractivity contribution >= 4 is 22.4 Å². The first-order valence-electron chi connectivity index (χ1n) is 6.29. The third-order valence-corrected chi connectivity index (χ3v) is 3.99. The molecule has 0 heterocycles. The zero-order valence-corrected chi connectivity index (χ0v) is 12.1. The molecule has 0 saturated carbocycles. The van der Waals surface area contributed by atoms with Crippen LogP contribution in [0, 0.1) is 17.5 Å². The maximum atomic E-state index is 13.4. The van der Waals surface area contributed by atoms with Crippen molar-refractivity contribution in [2.24, 2.45) is 0 Å². The highest BCUT2D eigenvalue weighted by Crippen LogP contribution is 2.15. The number of amides is 1. The van der Waals surface area contributed by atoms with Crippen LogP contribution in [0.4, 0.5) is 18.9 Å². The third-order valence-electron chi connectivity index (χ3n) is 2.77. The van der Waals surface area contributed by atoms with Gasteiger partial charge in [0.15, 0.2) is 0 Å². The second-order valence-electron chi connectivity index (χ2n) is 4.49. The van der Waals surface area contributed by atoms with E-state index in [1.807, 2.05) is 0 Å². The third kappa shape index (κ3) is 4.42. The standard InChI is InChI=1S/C15H12F3NO2S/c16-11-5-6-14(13(18)7-11)19-15(20)9-22(21)8-10-3-1-2-4-12(10)17/h1-7H,8-9H2,(H,19,20)/t22-/m1/s1. The highest BCUT2D eigenvalue weighted by atomic mass is 32.2. The normalized spacial score (nSPS) is 12.0. The van der Waals surface area contributed by atoms with Gasteiger partial charge in [0, 0.05) is 22.4 Å². The molecule has 2 aromatic rings. The van der Waals surface area contributed by atoms with Gasteiger partial charge in [-0.15, -0.1) is 0 Å². The quantitative estimate of drug-likeness (QED) is 0.918. The molecular formula is C15H12F3NO2S. The molecular weight excluding hydrogens is 315 g/mol. The summed E-state index contributed by atoms with van der Waals surface area (Å²) in [7, 11) is -1.64. The second kappa shape index (κ2) is 7.22. The molecule has 7 heteroatoms. The van der Waals surface area contributed by atoms with Crippen molar-refractivity contribution in [3.05, 3.63) is 65.5 Å². The second-order valence-corrected chi connectivity index (χ2v) is 5.95. The summed E-state index contributed by atoms with van der Waals surface area (Å²) < 4.78 is 51.3. The van der Waals surface area contributed by atoms with Crippen LogP contribution in [0.1, 0.15) is 5.56 Å². The first-order valence-corrected chi connectivity index (χ1v) is 7.78. The van der Waals surface area contributed by atoms with E-state index in [-0.39, 0.29) is 17.0 Å². The van der Waals surface area contributed by atoms with Gasteiger partial charge in [0.05, 0.1) is 11.4 Å². The summed E-state index contributed by atoms with van der Waals surface area (Å²) in [5.41, 5.74) is 0.0379. The van der Waals surface area contributed by atoms with Crippen molar-refractivity contribution in [2.45, 2.75) is 5.75 Å². The molecule has 0 saturated heterocycles. The smallest absolute Gasteiger partial charge is 0.237 e. The van der Waals surface area contributed by atoms with E-state index in [1.165, 1.54) is 18.2 Å². The molecule has 3 nitrogen and oxygen atoms in total. The highest BCUT2D eigenvalue weighted by Gasteiger charge is 2.13. The predicted octanol–water partition coefficient (Wildman–Crippen LogP) is 2.99. The zero-order valence-electron chi connectivity index (χ0n) is 11.3. The average molecular weight is 327 g/mol. The minimum absolute atomic E-state index is 0.119. The van der Waals surface area contributed by atoms with Gasteiger partial charge in [0.1, 0.15) is 23.2 Å². The summed E-state index contributed by atoms with van der Waals surface area (Å²) in [4.78, 5) is 11.7. The van der Waals surface area contributed by atoms with Gasteiger partial charge < -0.3 is 5.32 Å². The number of rotatable bonds is 5. The van der Waals surface area contributed by atoms with Crippen molar-refractivity contribution in [1.29, 1.82) is 0 Å². The van der Waals surface area contributed by atoms with E-state index in [1.54, 1.807) is 6.07 Å². The summed E-state index contributed by atoms with van der Waals surface area (Å²) in [6.07, 6.45) is 0. The molecule has 0 aromatic heterocycles. The summed E-state index contributed by atoms with van der Waals surface area (Å²) in [6, 6.07) is 8.52. The lowest BCUT2D eigenvalue weighted by molar-refractivity contribution is -0.113. The molecule has 116 valence electrons. The summed E-state index contributed by atoms with van der Waals surface area (Å²) in [5, 5.41) is 2.20. The van der Waals surface area contributed by atoms with Crippen molar-refractivity contribution < 1.29 is 22.2 Å². The van der Waals surface area contributed by atoms with Crippen LogP contribution < -0.4 is 5.32 Å². The molecule has 1 atom stereocenters. The summed E-state index contributed by atoms with van der Waals surface area (Å²) >= 11 is 0. The maximum Gasteiger partial charge on any atom is 0.237 e. The maximum absolute atomic E-state index is 13.4. The van der Waals surface area contributed by atoms with Gasteiger partial charge in [0.25, 0.3) is 0 Å². The Kier molecular flexibility index (Phi) is 5.32. The van der Waals surface area contributed by atoms with Crippen molar-refractivity contribution in [2.75, 3.05) is 11.1 Å². The molecule has 0 aliphatic carbocycles. The Labute approximate surface area is 127 Å². The molecule has 2 aromatic carbocycles. The van der Waals surface area contributed by atoms with Crippen LogP contribution in [0.5, 0.6) is 0 Å². The van der Waals surface area contributed by atoms with E-state index in [0.29, 0.717) is 6.07 Å². The fourth-order valence-electron chi connectivity index (χ4n) is 1.76. The molecule has 1 N–H and O–H groups in total. The lowest BCUT2D eigenvalue weighted by Gasteiger charge is -2.07. The highest BCUT2D eigenvalue weighted by molar-refractivity contribution is 7.84. The molecule has 0 fully saturated rings. The van der Waals surface area contributed by atoms with Crippen molar-refractivity contribution in [3.8, 4) is 0 Å². The van der Waals surface area contributed by atoms with Crippen molar-refractivity contribution in [1.82, 2.24) is 0 Å². The Morgan fingerprint density at radius 3 is 2.45 bits per heavy atom. The van der Waals surface area contributed by atoms with Crippen LogP contribution in [-0.4, -0.2) is 15.9 Å². The first kappa shape index (κ1) is 16.2. The van der Waals surface area contributed by atoms with Gasteiger partial charge in [-0.2, -0.15) is 0 Å². The van der Waals surface area contributed by atoms with Gasteiger partial charge >= 0.3 is 0 Å². The average Bonchev–Trinajstić information content (AvgIpc) is 2.44. The molecule has 0 bridgehead atoms. The lowest BCUT2D eigenvalue weighted by atomic mass is 10.2. The van der Waals surface area contributed by atoms with Crippen LogP contribution in [0.25, 0.3) is 0 Å². The molecule has 0 radical (unpaired) electrons. The van der Waals surface area contributed by atoms with E-state index >= 15 is 0 Å². The molecule has 0 aliphatic rings. The van der Waals surface area contributed by atoms with Gasteiger partial charge in [-0.05, 0) is 18.2 Å². The van der Waals surface area contributed by atoms with Crippen LogP contribution in [0.2, 0.25) is 0 Å². The number of carbonyl (C=O) groups excluding carboxylic acids is 1. The fraction of sp³-hybridized carbons (Fsp3) is 0.133. The Morgan fingerprint density at radius 2 is 1.77 bits per heavy atom. The van der Waals surface area contributed by atoms with E-state index in [9.17, 15) is 22.2 Å². The minimum atomic E-state index is -1.64. The Morgan fingerprint density at radius 1 is 1.05 bits per heavy atom. The number of hydrogen-bond donors (Lipinski definition) is 1. The largest absolute Gasteiger partial charge is 0.323 e. The molecule has 0 spiro atoms. The zero-order chi connectivity index (χ0) is 16.1. The summed E-state index contributed by atoms with van der Waals surface area (Å²) in [5.74, 6) is -3.41. The van der Waals surface area contributed by atoms with E-state index in [4.69, 9.17) is 0 Å². The molecule has 0 unspecified atom stereocenters. The number of halogens is 3. The number of anilines is 1. The van der Waals surface area contributed by atoms with Gasteiger partial charge in [-0.3, -0.25) is 9.00 Å². The number of hydrogen-bond acceptors (Lipinski definition) is 2. The van der Waals surface area contributed by atoms with E-state index in [2.05, 4.69) is 5.32 Å². The van der Waals surface area contributed by atoms with E-state index < -0.39 is 39.9 Å². The molecule has 2 rings (SSSR count). The summed E-state index contributed by atoms with van der Waals surface area (Å²) in [6.45, 7) is 0. The lowest BCUT2D eigenvalue weighted by Crippen LogP contribution is -2.21. The van der Waals surface area contributed by atoms with Crippen LogP contribution in [-0.2, 0) is 21.3 Å². The fourth-order valence-corrected chi connectivity index (χ4v) is 2.81. The molecule has 1 amide bonds. The minimum Gasteiger partial charge on any atom is -0.323 e. The Balaban J connectivity index is 1.94. The van der Waals surface area contributed by atoms with Crippen LogP contribution in [0.3, 0.4) is 0 Å². The first-order chi connectivity index (χ1) is 10.5. The predicted molar refractivity (Wildman–Crippen MR) is 78.1 cm³/mol. The Hall–Kier alpha value is -2.15. The molecule has 22 heavy (non-hydrogen) atoms. The van der Waals surface area contributed by atoms with Crippen LogP contribution in [0.15, 0.2) is 42.5 Å². The van der Waals surface area contributed by atoms with Crippen molar-refractivity contribution in [3.63, 3.8) is 0 Å². The molecule has 0 aliphatic heterocycles. The number of benzene rings is 2. The van der Waals surface area contributed by atoms with Crippen LogP contribution >= 0.6 is 0 Å².